The normalized spacial score (nSPS) is 9.31. The van der Waals surface area contributed by atoms with Crippen molar-refractivity contribution in [2.24, 2.45) is 0 Å². The fourth-order valence-electron chi connectivity index (χ4n) is 2.10. The zero-order valence-electron chi connectivity index (χ0n) is 15.8. The Morgan fingerprint density at radius 2 is 0.769 bits per heavy atom. The van der Waals surface area contributed by atoms with E-state index in [-0.39, 0.29) is 7.43 Å². The summed E-state index contributed by atoms with van der Waals surface area (Å²) < 4.78 is 0. The highest BCUT2D eigenvalue weighted by atomic mass is 16.3. The van der Waals surface area contributed by atoms with Gasteiger partial charge in [-0.25, -0.2) is 0 Å². The Hall–Kier alpha value is -2.54. The molecule has 26 heavy (non-hydrogen) atoms. The Morgan fingerprint density at radius 1 is 0.500 bits per heavy atom. The van der Waals surface area contributed by atoms with Crippen LogP contribution < -0.4 is 0 Å². The zero-order chi connectivity index (χ0) is 18.5. The number of para-hydroxylation sites is 1. The van der Waals surface area contributed by atoms with Crippen molar-refractivity contribution in [2.45, 2.75) is 47.0 Å². The van der Waals surface area contributed by atoms with Gasteiger partial charge in [-0.05, 0) is 35.1 Å². The lowest BCUT2D eigenvalue weighted by molar-refractivity contribution is 0.475. The van der Waals surface area contributed by atoms with Gasteiger partial charge in [0.1, 0.15) is 5.75 Å². The van der Waals surface area contributed by atoms with Crippen LogP contribution in [0.5, 0.6) is 5.75 Å². The second-order valence-electron chi connectivity index (χ2n) is 6.47. The van der Waals surface area contributed by atoms with Gasteiger partial charge in [0.05, 0.1) is 0 Å². The molecule has 0 fully saturated rings. The highest BCUT2D eigenvalue weighted by Gasteiger charge is 1.94. The number of hydrogen-bond donors (Lipinski definition) is 1. The van der Waals surface area contributed by atoms with Crippen LogP contribution in [-0.2, 0) is 0 Å². The fourth-order valence-corrected chi connectivity index (χ4v) is 2.10. The second kappa shape index (κ2) is 13.7. The number of hydrogen-bond acceptors (Lipinski definition) is 1. The third-order valence-electron chi connectivity index (χ3n) is 3.69. The SMILES string of the molecule is C.CC(C)c1ccccc1.CC(C)c1ccccc1.Oc1ccccc1. The first-order chi connectivity index (χ1) is 12.0. The highest BCUT2D eigenvalue weighted by molar-refractivity contribution is 5.19. The van der Waals surface area contributed by atoms with E-state index in [0.29, 0.717) is 17.6 Å². The Bertz CT molecular complexity index is 615. The summed E-state index contributed by atoms with van der Waals surface area (Å²) in [4.78, 5) is 0. The average Bonchev–Trinajstić information content (AvgIpc) is 2.65. The molecule has 140 valence electrons. The molecule has 0 aliphatic carbocycles. The van der Waals surface area contributed by atoms with E-state index >= 15 is 0 Å². The number of aromatic hydroxyl groups is 1. The van der Waals surface area contributed by atoms with Gasteiger partial charge in [-0.2, -0.15) is 0 Å². The van der Waals surface area contributed by atoms with Crippen LogP contribution in [0.15, 0.2) is 91.0 Å². The van der Waals surface area contributed by atoms with Crippen LogP contribution in [-0.4, -0.2) is 5.11 Å². The van der Waals surface area contributed by atoms with Crippen molar-refractivity contribution in [1.29, 1.82) is 0 Å². The molecule has 3 aromatic carbocycles. The maximum atomic E-state index is 8.63. The second-order valence-corrected chi connectivity index (χ2v) is 6.47. The zero-order valence-corrected chi connectivity index (χ0v) is 15.8. The van der Waals surface area contributed by atoms with Gasteiger partial charge in [0.2, 0.25) is 0 Å². The maximum Gasteiger partial charge on any atom is 0.115 e. The van der Waals surface area contributed by atoms with Crippen molar-refractivity contribution in [1.82, 2.24) is 0 Å². The fraction of sp³-hybridized carbons (Fsp3) is 0.280. The summed E-state index contributed by atoms with van der Waals surface area (Å²) in [6.45, 7) is 8.81. The topological polar surface area (TPSA) is 20.2 Å². The molecular formula is C25H34O. The minimum Gasteiger partial charge on any atom is -0.508 e. The molecular weight excluding hydrogens is 316 g/mol. The molecule has 0 spiro atoms. The Kier molecular flexibility index (Phi) is 12.4. The summed E-state index contributed by atoms with van der Waals surface area (Å²) in [5, 5.41) is 8.63. The van der Waals surface area contributed by atoms with Gasteiger partial charge in [-0.1, -0.05) is 114 Å². The van der Waals surface area contributed by atoms with E-state index in [1.807, 2.05) is 18.2 Å². The summed E-state index contributed by atoms with van der Waals surface area (Å²) >= 11 is 0. The van der Waals surface area contributed by atoms with E-state index in [1.165, 1.54) is 11.1 Å². The van der Waals surface area contributed by atoms with E-state index in [4.69, 9.17) is 5.11 Å². The molecule has 0 aromatic heterocycles. The van der Waals surface area contributed by atoms with Crippen LogP contribution in [0.25, 0.3) is 0 Å². The smallest absolute Gasteiger partial charge is 0.115 e. The molecule has 1 nitrogen and oxygen atoms in total. The molecule has 0 heterocycles. The summed E-state index contributed by atoms with van der Waals surface area (Å²) in [6.07, 6.45) is 0. The van der Waals surface area contributed by atoms with Crippen LogP contribution in [0.2, 0.25) is 0 Å². The van der Waals surface area contributed by atoms with E-state index in [1.54, 1.807) is 24.3 Å². The number of benzene rings is 3. The van der Waals surface area contributed by atoms with Crippen LogP contribution >= 0.6 is 0 Å². The van der Waals surface area contributed by atoms with E-state index in [2.05, 4.69) is 76.2 Å². The van der Waals surface area contributed by atoms with E-state index < -0.39 is 0 Å². The van der Waals surface area contributed by atoms with Crippen molar-refractivity contribution in [2.75, 3.05) is 0 Å². The Morgan fingerprint density at radius 3 is 0.923 bits per heavy atom. The Balaban J connectivity index is 0.000000357. The molecule has 1 N–H and O–H groups in total. The summed E-state index contributed by atoms with van der Waals surface area (Å²) in [5.74, 6) is 1.64. The average molecular weight is 351 g/mol. The number of phenolic OH excluding ortho intramolecular Hbond substituents is 1. The van der Waals surface area contributed by atoms with Crippen molar-refractivity contribution in [3.63, 3.8) is 0 Å². The molecule has 0 amide bonds. The van der Waals surface area contributed by atoms with Gasteiger partial charge in [0, 0.05) is 0 Å². The standard InChI is InChI=1S/2C9H12.C6H6O.CH4/c2*1-8(2)9-6-4-3-5-7-9;7-6-4-2-1-3-5-6;/h2*3-8H,1-2H3;1-5,7H;1H4. The van der Waals surface area contributed by atoms with Crippen molar-refractivity contribution < 1.29 is 5.11 Å². The third-order valence-corrected chi connectivity index (χ3v) is 3.69. The quantitative estimate of drug-likeness (QED) is 0.503. The van der Waals surface area contributed by atoms with Gasteiger partial charge in [0.15, 0.2) is 0 Å². The first-order valence-electron chi connectivity index (χ1n) is 8.84. The monoisotopic (exact) mass is 350 g/mol. The number of phenols is 1. The highest BCUT2D eigenvalue weighted by Crippen LogP contribution is 2.12. The van der Waals surface area contributed by atoms with E-state index in [9.17, 15) is 0 Å². The van der Waals surface area contributed by atoms with Crippen LogP contribution in [0.1, 0.15) is 58.1 Å². The summed E-state index contributed by atoms with van der Waals surface area (Å²) in [7, 11) is 0. The van der Waals surface area contributed by atoms with Gasteiger partial charge in [0.25, 0.3) is 0 Å². The lowest BCUT2D eigenvalue weighted by Crippen LogP contribution is -1.83. The summed E-state index contributed by atoms with van der Waals surface area (Å²) in [6, 6.07) is 29.8. The third kappa shape index (κ3) is 10.4. The molecule has 0 unspecified atom stereocenters. The molecule has 3 aromatic rings. The van der Waals surface area contributed by atoms with Crippen LogP contribution in [0.4, 0.5) is 0 Å². The van der Waals surface area contributed by atoms with Gasteiger partial charge in [-0.3, -0.25) is 0 Å². The summed E-state index contributed by atoms with van der Waals surface area (Å²) in [5.41, 5.74) is 2.83. The van der Waals surface area contributed by atoms with Crippen LogP contribution in [0.3, 0.4) is 0 Å². The number of rotatable bonds is 2. The van der Waals surface area contributed by atoms with Crippen LogP contribution in [0, 0.1) is 0 Å². The Labute approximate surface area is 160 Å². The molecule has 0 aliphatic heterocycles. The van der Waals surface area contributed by atoms with Gasteiger partial charge < -0.3 is 5.11 Å². The molecule has 0 atom stereocenters. The largest absolute Gasteiger partial charge is 0.508 e. The molecule has 1 heteroatoms. The minimum absolute atomic E-state index is 0. The molecule has 0 bridgehead atoms. The van der Waals surface area contributed by atoms with Gasteiger partial charge in [-0.15, -0.1) is 0 Å². The van der Waals surface area contributed by atoms with Crippen molar-refractivity contribution in [3.8, 4) is 5.75 Å². The predicted octanol–water partition coefficient (Wildman–Crippen LogP) is 7.65. The lowest BCUT2D eigenvalue weighted by Gasteiger charge is -2.01. The molecule has 0 radical (unpaired) electrons. The molecule has 0 saturated carbocycles. The van der Waals surface area contributed by atoms with Gasteiger partial charge >= 0.3 is 0 Å². The molecule has 3 rings (SSSR count). The first-order valence-corrected chi connectivity index (χ1v) is 8.84. The maximum absolute atomic E-state index is 8.63. The van der Waals surface area contributed by atoms with E-state index in [0.717, 1.165) is 0 Å². The molecule has 0 aliphatic rings. The van der Waals surface area contributed by atoms with Crippen molar-refractivity contribution in [3.05, 3.63) is 102 Å². The lowest BCUT2D eigenvalue weighted by atomic mass is 10.0. The van der Waals surface area contributed by atoms with Crippen molar-refractivity contribution >= 4 is 0 Å². The predicted molar refractivity (Wildman–Crippen MR) is 116 cm³/mol. The first kappa shape index (κ1) is 23.5. The minimum atomic E-state index is 0. The molecule has 0 saturated heterocycles.